The molecule has 0 spiro atoms. The number of fused-ring (bicyclic) bond motifs is 2. The number of carbonyl (C=O) groups is 1. The summed E-state index contributed by atoms with van der Waals surface area (Å²) in [5.74, 6) is -0.559. The van der Waals surface area contributed by atoms with Gasteiger partial charge in [0.05, 0.1) is 40.4 Å². The van der Waals surface area contributed by atoms with Crippen LogP contribution in [0.25, 0.3) is 16.6 Å². The van der Waals surface area contributed by atoms with Crippen molar-refractivity contribution in [1.29, 1.82) is 0 Å². The fraction of sp³-hybridized carbons (Fsp3) is 0.404. The average molecular weight is 975 g/mol. The highest BCUT2D eigenvalue weighted by Gasteiger charge is 2.33. The molecular weight excluding hydrogens is 917 g/mol. The third-order valence-corrected chi connectivity index (χ3v) is 17.0. The average Bonchev–Trinajstić information content (AvgIpc) is 3.76. The molecule has 0 radical (unpaired) electrons. The number of nitrogens with zero attached hydrogens (tertiary/aromatic N) is 6. The summed E-state index contributed by atoms with van der Waals surface area (Å²) in [6.07, 6.45) is 4.99. The molecule has 2 aromatic heterocycles. The van der Waals surface area contributed by atoms with Crippen molar-refractivity contribution in [3.05, 3.63) is 111 Å². The van der Waals surface area contributed by atoms with Crippen molar-refractivity contribution >= 4 is 80.1 Å². The second-order valence-corrected chi connectivity index (χ2v) is 22.9. The van der Waals surface area contributed by atoms with Gasteiger partial charge in [-0.1, -0.05) is 43.2 Å². The lowest BCUT2D eigenvalue weighted by atomic mass is 9.72. The van der Waals surface area contributed by atoms with Crippen LogP contribution < -0.4 is 24.6 Å². The van der Waals surface area contributed by atoms with Crippen molar-refractivity contribution in [2.75, 3.05) is 94.4 Å². The van der Waals surface area contributed by atoms with Gasteiger partial charge < -0.3 is 29.4 Å². The molecule has 4 heterocycles. The highest BCUT2D eigenvalue weighted by molar-refractivity contribution is 7.90. The minimum absolute atomic E-state index is 0.0183. The summed E-state index contributed by atoms with van der Waals surface area (Å²) in [6.45, 7) is 11.2. The van der Waals surface area contributed by atoms with E-state index in [2.05, 4.69) is 55.8 Å². The minimum atomic E-state index is -4.64. The number of H-pyrrole nitrogens is 1. The largest absolute Gasteiger partial charge is 0.474 e. The summed E-state index contributed by atoms with van der Waals surface area (Å²) in [7, 11) is -4.58. The molecule has 0 bridgehead atoms. The summed E-state index contributed by atoms with van der Waals surface area (Å²) in [5.41, 5.74) is 6.42. The van der Waals surface area contributed by atoms with Gasteiger partial charge in [-0.2, -0.15) is 4.98 Å². The first-order valence-electron chi connectivity index (χ1n) is 22.4. The zero-order chi connectivity index (χ0) is 47.7. The van der Waals surface area contributed by atoms with E-state index in [0.29, 0.717) is 29.4 Å². The minimum Gasteiger partial charge on any atom is -0.474 e. The van der Waals surface area contributed by atoms with E-state index in [1.54, 1.807) is 33.3 Å². The number of hydrogen-bond acceptors (Lipinski definition) is 13. The number of piperazine rings is 1. The molecule has 3 N–H and O–H groups in total. The standard InChI is InChI=1S/C47H57ClN9O8PS/c1-6-65-66(61,53(4)5)26-19-49-40-14-12-37(29-42(40)57(59)60)67(62,63)52-45(58)38-13-11-36(28-41(38)56-24-25-64-46-43(56)27-33-16-18-50-44(33)51-46)55-22-20-54(21-23-55)31-34-15-17-47(2,3)30-39(34)32-7-9-35(48)10-8-32/h7-14,16,18,27-29,49H,6,15,17,19-26,30-31H2,1-5H3,(H,50,51)(H,52,58). The van der Waals surface area contributed by atoms with Crippen LogP contribution in [0.4, 0.5) is 28.4 Å². The number of pyridine rings is 1. The Kier molecular flexibility index (Phi) is 14.1. The van der Waals surface area contributed by atoms with Crippen LogP contribution in [0.5, 0.6) is 5.88 Å². The molecule has 67 heavy (non-hydrogen) atoms. The second-order valence-electron chi connectivity index (χ2n) is 18.0. The van der Waals surface area contributed by atoms with Crippen molar-refractivity contribution < 1.29 is 32.0 Å². The lowest BCUT2D eigenvalue weighted by molar-refractivity contribution is -0.384. The second kappa shape index (κ2) is 19.6. The Labute approximate surface area is 396 Å². The summed E-state index contributed by atoms with van der Waals surface area (Å²) >= 11 is 6.26. The van der Waals surface area contributed by atoms with E-state index in [-0.39, 0.29) is 42.6 Å². The lowest BCUT2D eigenvalue weighted by Crippen LogP contribution is -2.47. The van der Waals surface area contributed by atoms with Gasteiger partial charge in [-0.05, 0) is 111 Å². The van der Waals surface area contributed by atoms with Crippen LogP contribution in [-0.2, 0) is 19.1 Å². The number of ether oxygens (including phenoxy) is 1. The van der Waals surface area contributed by atoms with Crippen molar-refractivity contribution in [2.24, 2.45) is 5.41 Å². The Morgan fingerprint density at radius 1 is 1.03 bits per heavy atom. The fourth-order valence-corrected chi connectivity index (χ4v) is 11.7. The van der Waals surface area contributed by atoms with E-state index in [4.69, 9.17) is 20.9 Å². The maximum atomic E-state index is 14.3. The first kappa shape index (κ1) is 48.0. The number of hydrogen-bond donors (Lipinski definition) is 3. The van der Waals surface area contributed by atoms with Gasteiger partial charge >= 0.3 is 0 Å². The molecule has 0 saturated carbocycles. The maximum Gasteiger partial charge on any atom is 0.293 e. The molecule has 3 aromatic carbocycles. The van der Waals surface area contributed by atoms with E-state index in [9.17, 15) is 27.9 Å². The third kappa shape index (κ3) is 10.6. The van der Waals surface area contributed by atoms with Gasteiger partial charge in [0.2, 0.25) is 5.88 Å². The zero-order valence-electron chi connectivity index (χ0n) is 38.4. The SMILES string of the molecule is CCOP(=O)(CCNc1ccc(S(=O)(=O)NC(=O)c2ccc(N3CCN(CC4=C(c5ccc(Cl)cc5)CC(C)(C)CC4)CC3)cc2N2CCOc3nc4[nH]ccc4cc32)cc1[N+](=O)[O-])N(C)C. The molecule has 1 atom stereocenters. The van der Waals surface area contributed by atoms with Crippen LogP contribution in [0.3, 0.4) is 0 Å². The van der Waals surface area contributed by atoms with Crippen LogP contribution >= 0.6 is 19.1 Å². The fourth-order valence-electron chi connectivity index (χ4n) is 9.02. The number of aromatic nitrogens is 2. The molecule has 1 saturated heterocycles. The number of allylic oxidation sites excluding steroid dienone is 1. The third-order valence-electron chi connectivity index (χ3n) is 12.7. The maximum absolute atomic E-state index is 14.3. The quantitative estimate of drug-likeness (QED) is 0.0482. The molecule has 356 valence electrons. The molecule has 1 unspecified atom stereocenters. The van der Waals surface area contributed by atoms with Crippen molar-refractivity contribution in [3.8, 4) is 5.88 Å². The Morgan fingerprint density at radius 3 is 2.51 bits per heavy atom. The molecular formula is C47H57ClN9O8PS. The first-order chi connectivity index (χ1) is 31.9. The van der Waals surface area contributed by atoms with Crippen LogP contribution in [0.1, 0.15) is 56.0 Å². The van der Waals surface area contributed by atoms with E-state index >= 15 is 0 Å². The van der Waals surface area contributed by atoms with Gasteiger partial charge in [0.1, 0.15) is 23.6 Å². The first-order valence-corrected chi connectivity index (χ1v) is 26.0. The number of halogens is 1. The number of sulfonamides is 1. The Morgan fingerprint density at radius 2 is 1.79 bits per heavy atom. The number of rotatable bonds is 16. The molecule has 8 rings (SSSR count). The number of anilines is 4. The normalized spacial score (nSPS) is 17.5. The molecule has 1 fully saturated rings. The zero-order valence-corrected chi connectivity index (χ0v) is 40.8. The highest BCUT2D eigenvalue weighted by Crippen LogP contribution is 2.48. The van der Waals surface area contributed by atoms with Gasteiger partial charge in [0.15, 0.2) is 0 Å². The molecule has 2 aliphatic heterocycles. The smallest absolute Gasteiger partial charge is 0.293 e. The highest BCUT2D eigenvalue weighted by atomic mass is 35.5. The predicted molar refractivity (Wildman–Crippen MR) is 264 cm³/mol. The number of aromatic amines is 1. The van der Waals surface area contributed by atoms with Gasteiger partial charge in [0.25, 0.3) is 29.1 Å². The van der Waals surface area contributed by atoms with Crippen LogP contribution in [0.2, 0.25) is 5.02 Å². The van der Waals surface area contributed by atoms with E-state index in [1.165, 1.54) is 33.5 Å². The van der Waals surface area contributed by atoms with Gasteiger partial charge in [0, 0.05) is 67.6 Å². The molecule has 3 aliphatic rings. The van der Waals surface area contributed by atoms with Crippen molar-refractivity contribution in [2.45, 2.75) is 44.9 Å². The van der Waals surface area contributed by atoms with E-state index < -0.39 is 39.0 Å². The monoisotopic (exact) mass is 973 g/mol. The summed E-state index contributed by atoms with van der Waals surface area (Å²) in [6, 6.07) is 20.7. The number of benzene rings is 3. The topological polar surface area (TPSA) is 196 Å². The number of amides is 1. The van der Waals surface area contributed by atoms with Gasteiger partial charge in [-0.15, -0.1) is 0 Å². The van der Waals surface area contributed by atoms with E-state index in [1.807, 2.05) is 41.3 Å². The summed E-state index contributed by atoms with van der Waals surface area (Å²) in [4.78, 5) is 39.8. The van der Waals surface area contributed by atoms with Crippen molar-refractivity contribution in [1.82, 2.24) is 24.3 Å². The molecule has 1 amide bonds. The summed E-state index contributed by atoms with van der Waals surface area (Å²) in [5, 5.41) is 16.7. The Balaban J connectivity index is 1.05. The molecule has 17 nitrogen and oxygen atoms in total. The number of nitrogens with one attached hydrogen (secondary N) is 3. The predicted octanol–water partition coefficient (Wildman–Crippen LogP) is 8.76. The van der Waals surface area contributed by atoms with Gasteiger partial charge in [-0.3, -0.25) is 24.4 Å². The molecule has 20 heteroatoms. The van der Waals surface area contributed by atoms with Crippen molar-refractivity contribution in [3.63, 3.8) is 0 Å². The molecule has 5 aromatic rings. The number of nitro groups is 1. The number of nitro benzene ring substituents is 1. The number of carbonyl (C=O) groups excluding carboxylic acids is 1. The molecule has 1 aliphatic carbocycles. The van der Waals surface area contributed by atoms with Crippen LogP contribution in [-0.4, -0.2) is 118 Å². The lowest BCUT2D eigenvalue weighted by Gasteiger charge is -2.39. The van der Waals surface area contributed by atoms with E-state index in [0.717, 1.165) is 74.1 Å². The van der Waals surface area contributed by atoms with Crippen LogP contribution in [0, 0.1) is 15.5 Å². The van der Waals surface area contributed by atoms with Crippen LogP contribution in [0.15, 0.2) is 89.5 Å². The summed E-state index contributed by atoms with van der Waals surface area (Å²) < 4.78 is 56.2. The Hall–Kier alpha value is -5.49. The Bertz CT molecular complexity index is 2860. The van der Waals surface area contributed by atoms with Gasteiger partial charge in [-0.25, -0.2) is 17.8 Å².